The Morgan fingerprint density at radius 2 is 1.58 bits per heavy atom. The molecule has 0 aliphatic heterocycles. The van der Waals surface area contributed by atoms with Crippen molar-refractivity contribution in [3.8, 4) is 0 Å². The molecule has 2 aromatic rings. The molecular weight excluding hydrogens is 318 g/mol. The van der Waals surface area contributed by atoms with Crippen LogP contribution in [0, 0.1) is 11.6 Å². The first-order chi connectivity index (χ1) is 11.5. The van der Waals surface area contributed by atoms with Gasteiger partial charge in [-0.15, -0.1) is 0 Å². The number of aliphatic hydroxyl groups excluding tert-OH is 1. The molecule has 7 heteroatoms. The fourth-order valence-electron chi connectivity index (χ4n) is 1.99. The molecule has 0 fully saturated rings. The molecule has 2 aromatic carbocycles. The van der Waals surface area contributed by atoms with Gasteiger partial charge in [0.1, 0.15) is 11.6 Å². The van der Waals surface area contributed by atoms with E-state index in [4.69, 9.17) is 0 Å². The molecule has 1 atom stereocenters. The molecule has 2 amide bonds. The summed E-state index contributed by atoms with van der Waals surface area (Å²) in [4.78, 5) is 23.3. The first-order valence-corrected chi connectivity index (χ1v) is 7.20. The van der Waals surface area contributed by atoms with Gasteiger partial charge in [-0.2, -0.15) is 0 Å². The van der Waals surface area contributed by atoms with Crippen LogP contribution in [0.5, 0.6) is 0 Å². The predicted octanol–water partition coefficient (Wildman–Crippen LogP) is 1.43. The van der Waals surface area contributed by atoms with E-state index in [0.29, 0.717) is 5.56 Å². The minimum atomic E-state index is -1.26. The second kappa shape index (κ2) is 8.16. The van der Waals surface area contributed by atoms with Gasteiger partial charge < -0.3 is 15.7 Å². The summed E-state index contributed by atoms with van der Waals surface area (Å²) in [7, 11) is 0. The molecule has 0 saturated carbocycles. The number of carbonyl (C=O) groups excluding carboxylic acids is 2. The molecule has 0 bridgehead atoms. The summed E-state index contributed by atoms with van der Waals surface area (Å²) >= 11 is 0. The third-order valence-electron chi connectivity index (χ3n) is 3.29. The lowest BCUT2D eigenvalue weighted by Crippen LogP contribution is -2.41. The molecule has 1 unspecified atom stereocenters. The lowest BCUT2D eigenvalue weighted by Gasteiger charge is -2.13. The quantitative estimate of drug-likeness (QED) is 0.724. The maximum absolute atomic E-state index is 13.5. The number of benzene rings is 2. The van der Waals surface area contributed by atoms with Crippen molar-refractivity contribution in [2.24, 2.45) is 0 Å². The number of nitrogens with one attached hydrogen (secondary N) is 2. The van der Waals surface area contributed by atoms with Crippen LogP contribution >= 0.6 is 0 Å². The molecular formula is C17H16F2N2O3. The third-order valence-corrected chi connectivity index (χ3v) is 3.29. The van der Waals surface area contributed by atoms with E-state index in [2.05, 4.69) is 10.6 Å². The Balaban J connectivity index is 1.80. The molecule has 2 rings (SSSR count). The van der Waals surface area contributed by atoms with Crippen molar-refractivity contribution in [3.05, 3.63) is 71.3 Å². The Morgan fingerprint density at radius 1 is 0.958 bits per heavy atom. The van der Waals surface area contributed by atoms with Crippen LogP contribution in [0.4, 0.5) is 8.78 Å². The van der Waals surface area contributed by atoms with Gasteiger partial charge >= 0.3 is 11.8 Å². The minimum absolute atomic E-state index is 0.0320. The average Bonchev–Trinajstić information content (AvgIpc) is 2.59. The Bertz CT molecular complexity index is 720. The van der Waals surface area contributed by atoms with Crippen LogP contribution < -0.4 is 10.6 Å². The highest BCUT2D eigenvalue weighted by Gasteiger charge is 2.17. The summed E-state index contributed by atoms with van der Waals surface area (Å²) < 4.78 is 26.2. The first-order valence-electron chi connectivity index (χ1n) is 7.20. The standard InChI is InChI=1S/C17H16F2N2O3/c18-12-7-5-11(6-8-12)9-20-16(23)17(24)21-10-15(22)13-3-1-2-4-14(13)19/h1-8,15,22H,9-10H2,(H,20,23)(H,21,24). The normalized spacial score (nSPS) is 11.6. The van der Waals surface area contributed by atoms with Gasteiger partial charge in [0.25, 0.3) is 0 Å². The van der Waals surface area contributed by atoms with E-state index < -0.39 is 29.6 Å². The lowest BCUT2D eigenvalue weighted by atomic mass is 10.1. The van der Waals surface area contributed by atoms with Crippen molar-refractivity contribution in [1.29, 1.82) is 0 Å². The Hall–Kier alpha value is -2.80. The van der Waals surface area contributed by atoms with Gasteiger partial charge in [0.15, 0.2) is 0 Å². The molecule has 0 radical (unpaired) electrons. The van der Waals surface area contributed by atoms with Gasteiger partial charge in [0.05, 0.1) is 6.10 Å². The number of carbonyl (C=O) groups is 2. The molecule has 126 valence electrons. The molecule has 0 spiro atoms. The van der Waals surface area contributed by atoms with Crippen LogP contribution in [0.3, 0.4) is 0 Å². The van der Waals surface area contributed by atoms with E-state index in [0.717, 1.165) is 0 Å². The molecule has 0 saturated heterocycles. The second-order valence-electron chi connectivity index (χ2n) is 5.06. The Morgan fingerprint density at radius 3 is 2.25 bits per heavy atom. The summed E-state index contributed by atoms with van der Waals surface area (Å²) in [6, 6.07) is 11.1. The van der Waals surface area contributed by atoms with E-state index in [9.17, 15) is 23.5 Å². The highest BCUT2D eigenvalue weighted by atomic mass is 19.1. The topological polar surface area (TPSA) is 78.4 Å². The fourth-order valence-corrected chi connectivity index (χ4v) is 1.99. The number of aliphatic hydroxyl groups is 1. The highest BCUT2D eigenvalue weighted by molar-refractivity contribution is 6.35. The highest BCUT2D eigenvalue weighted by Crippen LogP contribution is 2.15. The van der Waals surface area contributed by atoms with E-state index in [-0.39, 0.29) is 18.7 Å². The van der Waals surface area contributed by atoms with Gasteiger partial charge in [-0.05, 0) is 23.8 Å². The van der Waals surface area contributed by atoms with E-state index >= 15 is 0 Å². The van der Waals surface area contributed by atoms with Crippen molar-refractivity contribution in [1.82, 2.24) is 10.6 Å². The molecule has 0 aliphatic rings. The predicted molar refractivity (Wildman–Crippen MR) is 82.6 cm³/mol. The van der Waals surface area contributed by atoms with Crippen LogP contribution in [0.25, 0.3) is 0 Å². The zero-order valence-electron chi connectivity index (χ0n) is 12.6. The van der Waals surface area contributed by atoms with Crippen LogP contribution in [0.2, 0.25) is 0 Å². The van der Waals surface area contributed by atoms with Crippen LogP contribution in [-0.2, 0) is 16.1 Å². The monoisotopic (exact) mass is 334 g/mol. The summed E-state index contributed by atoms with van der Waals surface area (Å²) in [5, 5.41) is 14.4. The van der Waals surface area contributed by atoms with Gasteiger partial charge in [0, 0.05) is 18.7 Å². The third kappa shape index (κ3) is 4.85. The number of amides is 2. The number of rotatable bonds is 5. The lowest BCUT2D eigenvalue weighted by molar-refractivity contribution is -0.139. The summed E-state index contributed by atoms with van der Waals surface area (Å²) in [5.41, 5.74) is 0.661. The zero-order valence-corrected chi connectivity index (χ0v) is 12.6. The minimum Gasteiger partial charge on any atom is -0.386 e. The fraction of sp³-hybridized carbons (Fsp3) is 0.176. The molecule has 3 N–H and O–H groups in total. The largest absolute Gasteiger partial charge is 0.386 e. The van der Waals surface area contributed by atoms with Crippen LogP contribution in [0.15, 0.2) is 48.5 Å². The van der Waals surface area contributed by atoms with Gasteiger partial charge in [-0.3, -0.25) is 9.59 Å². The number of hydrogen-bond donors (Lipinski definition) is 3. The molecule has 24 heavy (non-hydrogen) atoms. The Kier molecular flexibility index (Phi) is 5.97. The Labute approximate surface area is 137 Å². The SMILES string of the molecule is O=C(NCc1ccc(F)cc1)C(=O)NCC(O)c1ccccc1F. The van der Waals surface area contributed by atoms with Gasteiger partial charge in [0.2, 0.25) is 0 Å². The average molecular weight is 334 g/mol. The van der Waals surface area contributed by atoms with E-state index in [1.165, 1.54) is 42.5 Å². The van der Waals surface area contributed by atoms with Crippen molar-refractivity contribution in [2.45, 2.75) is 12.6 Å². The molecule has 5 nitrogen and oxygen atoms in total. The number of halogens is 2. The van der Waals surface area contributed by atoms with Gasteiger partial charge in [-0.25, -0.2) is 8.78 Å². The van der Waals surface area contributed by atoms with E-state index in [1.807, 2.05) is 0 Å². The van der Waals surface area contributed by atoms with Gasteiger partial charge in [-0.1, -0.05) is 30.3 Å². The van der Waals surface area contributed by atoms with Crippen LogP contribution in [0.1, 0.15) is 17.2 Å². The number of hydrogen-bond acceptors (Lipinski definition) is 3. The summed E-state index contributed by atoms with van der Waals surface area (Å²) in [6.07, 6.45) is -1.26. The molecule has 0 heterocycles. The first kappa shape index (κ1) is 17.6. The van der Waals surface area contributed by atoms with Crippen molar-refractivity contribution >= 4 is 11.8 Å². The van der Waals surface area contributed by atoms with Crippen molar-refractivity contribution in [3.63, 3.8) is 0 Å². The van der Waals surface area contributed by atoms with E-state index in [1.54, 1.807) is 6.07 Å². The summed E-state index contributed by atoms with van der Waals surface area (Å²) in [6.45, 7) is -0.244. The summed E-state index contributed by atoms with van der Waals surface area (Å²) in [5.74, 6) is -2.85. The second-order valence-corrected chi connectivity index (χ2v) is 5.06. The molecule has 0 aliphatic carbocycles. The van der Waals surface area contributed by atoms with Crippen molar-refractivity contribution in [2.75, 3.05) is 6.54 Å². The maximum Gasteiger partial charge on any atom is 0.309 e. The van der Waals surface area contributed by atoms with Crippen molar-refractivity contribution < 1.29 is 23.5 Å². The smallest absolute Gasteiger partial charge is 0.309 e. The van der Waals surface area contributed by atoms with Crippen LogP contribution in [-0.4, -0.2) is 23.5 Å². The molecule has 0 aromatic heterocycles. The maximum atomic E-state index is 13.5. The zero-order chi connectivity index (χ0) is 17.5.